The van der Waals surface area contributed by atoms with Gasteiger partial charge < -0.3 is 10.1 Å². The fraction of sp³-hybridized carbons (Fsp3) is 0.500. The molecule has 0 spiro atoms. The number of hydrogen-bond acceptors (Lipinski definition) is 2. The van der Waals surface area contributed by atoms with Gasteiger partial charge >= 0.3 is 0 Å². The van der Waals surface area contributed by atoms with E-state index in [-0.39, 0.29) is 0 Å². The number of methoxy groups -OCH3 is 1. The Labute approximate surface area is 111 Å². The van der Waals surface area contributed by atoms with Crippen LogP contribution in [0.1, 0.15) is 43.4 Å². The van der Waals surface area contributed by atoms with Crippen molar-refractivity contribution in [3.05, 3.63) is 29.3 Å². The maximum Gasteiger partial charge on any atom is 0.121 e. The van der Waals surface area contributed by atoms with Gasteiger partial charge in [-0.05, 0) is 43.5 Å². The lowest BCUT2D eigenvalue weighted by atomic mass is 9.99. The fourth-order valence-corrected chi connectivity index (χ4v) is 2.05. The van der Waals surface area contributed by atoms with Gasteiger partial charge in [0.25, 0.3) is 0 Å². The highest BCUT2D eigenvalue weighted by atomic mass is 16.5. The van der Waals surface area contributed by atoms with Crippen molar-refractivity contribution in [2.75, 3.05) is 13.7 Å². The van der Waals surface area contributed by atoms with Crippen LogP contribution in [0, 0.1) is 19.3 Å². The van der Waals surface area contributed by atoms with Crippen LogP contribution in [0.25, 0.3) is 0 Å². The normalized spacial score (nSPS) is 11.9. The monoisotopic (exact) mass is 245 g/mol. The summed E-state index contributed by atoms with van der Waals surface area (Å²) in [5, 5.41) is 3.55. The van der Waals surface area contributed by atoms with Crippen molar-refractivity contribution >= 4 is 0 Å². The van der Waals surface area contributed by atoms with E-state index < -0.39 is 0 Å². The van der Waals surface area contributed by atoms with Gasteiger partial charge in [-0.3, -0.25) is 0 Å². The average molecular weight is 245 g/mol. The summed E-state index contributed by atoms with van der Waals surface area (Å²) in [5.74, 6) is 3.65. The average Bonchev–Trinajstić information content (AvgIpc) is 2.39. The Hall–Kier alpha value is -1.46. The number of rotatable bonds is 7. The van der Waals surface area contributed by atoms with Gasteiger partial charge in [0, 0.05) is 12.5 Å². The molecule has 0 saturated heterocycles. The third-order valence-corrected chi connectivity index (χ3v) is 3.04. The van der Waals surface area contributed by atoms with E-state index in [9.17, 15) is 0 Å². The van der Waals surface area contributed by atoms with Gasteiger partial charge in [-0.25, -0.2) is 0 Å². The Balaban J connectivity index is 2.83. The van der Waals surface area contributed by atoms with Crippen molar-refractivity contribution in [3.63, 3.8) is 0 Å². The van der Waals surface area contributed by atoms with E-state index in [0.717, 1.165) is 31.6 Å². The molecule has 1 rings (SSSR count). The zero-order chi connectivity index (χ0) is 13.4. The number of ether oxygens (including phenoxy) is 1. The zero-order valence-corrected chi connectivity index (χ0v) is 11.6. The summed E-state index contributed by atoms with van der Waals surface area (Å²) >= 11 is 0. The highest BCUT2D eigenvalue weighted by Crippen LogP contribution is 2.25. The highest BCUT2D eigenvalue weighted by Gasteiger charge is 2.11. The molecule has 1 unspecified atom stereocenters. The molecule has 2 nitrogen and oxygen atoms in total. The van der Waals surface area contributed by atoms with Crippen LogP contribution in [0.3, 0.4) is 0 Å². The van der Waals surface area contributed by atoms with Crippen LogP contribution in [0.15, 0.2) is 18.2 Å². The minimum Gasteiger partial charge on any atom is -0.496 e. The van der Waals surface area contributed by atoms with Gasteiger partial charge in [-0.2, -0.15) is 0 Å². The van der Waals surface area contributed by atoms with Gasteiger partial charge in [-0.15, -0.1) is 12.3 Å². The first-order valence-corrected chi connectivity index (χ1v) is 6.54. The topological polar surface area (TPSA) is 21.3 Å². The first-order valence-electron chi connectivity index (χ1n) is 6.54. The molecule has 0 aromatic heterocycles. The predicted molar refractivity (Wildman–Crippen MR) is 76.8 cm³/mol. The molecule has 0 bridgehead atoms. The molecule has 0 aliphatic heterocycles. The SMILES string of the molecule is C#CCCC(NCCC)c1ccc(OC)c(C)c1. The molecule has 0 aliphatic rings. The van der Waals surface area contributed by atoms with Crippen molar-refractivity contribution in [1.82, 2.24) is 5.32 Å². The predicted octanol–water partition coefficient (Wildman–Crippen LogP) is 3.46. The lowest BCUT2D eigenvalue weighted by Gasteiger charge is -2.19. The molecule has 1 atom stereocenters. The number of benzene rings is 1. The van der Waals surface area contributed by atoms with Gasteiger partial charge in [-0.1, -0.05) is 19.1 Å². The molecule has 1 N–H and O–H groups in total. The van der Waals surface area contributed by atoms with E-state index in [1.54, 1.807) is 7.11 Å². The summed E-state index contributed by atoms with van der Waals surface area (Å²) in [6.07, 6.45) is 8.26. The van der Waals surface area contributed by atoms with E-state index >= 15 is 0 Å². The van der Waals surface area contributed by atoms with Crippen LogP contribution in [0.2, 0.25) is 0 Å². The summed E-state index contributed by atoms with van der Waals surface area (Å²) < 4.78 is 5.29. The van der Waals surface area contributed by atoms with Crippen molar-refractivity contribution in [2.45, 2.75) is 39.2 Å². The maximum atomic E-state index is 5.36. The van der Waals surface area contributed by atoms with Crippen LogP contribution < -0.4 is 10.1 Å². The smallest absolute Gasteiger partial charge is 0.121 e. The lowest BCUT2D eigenvalue weighted by Crippen LogP contribution is -2.22. The van der Waals surface area contributed by atoms with E-state index in [1.165, 1.54) is 11.1 Å². The molecular weight excluding hydrogens is 222 g/mol. The fourth-order valence-electron chi connectivity index (χ4n) is 2.05. The van der Waals surface area contributed by atoms with Crippen molar-refractivity contribution < 1.29 is 4.74 Å². The second-order valence-corrected chi connectivity index (χ2v) is 4.48. The van der Waals surface area contributed by atoms with E-state index in [4.69, 9.17) is 11.2 Å². The minimum absolute atomic E-state index is 0.339. The van der Waals surface area contributed by atoms with Crippen LogP contribution in [0.5, 0.6) is 5.75 Å². The van der Waals surface area contributed by atoms with E-state index in [1.807, 2.05) is 6.07 Å². The molecule has 98 valence electrons. The minimum atomic E-state index is 0.339. The van der Waals surface area contributed by atoms with E-state index in [0.29, 0.717) is 6.04 Å². The Kier molecular flexibility index (Phi) is 6.32. The Morgan fingerprint density at radius 2 is 2.22 bits per heavy atom. The Morgan fingerprint density at radius 1 is 1.44 bits per heavy atom. The first kappa shape index (κ1) is 14.6. The summed E-state index contributed by atoms with van der Waals surface area (Å²) in [5.41, 5.74) is 2.45. The molecule has 0 fully saturated rings. The standard InChI is InChI=1S/C16H23NO/c1-5-7-8-15(17-11-6-2)14-9-10-16(18-4)13(3)12-14/h1,9-10,12,15,17H,6-8,11H2,2-4H3. The van der Waals surface area contributed by atoms with Gasteiger partial charge in [0.15, 0.2) is 0 Å². The van der Waals surface area contributed by atoms with Crippen molar-refractivity contribution in [1.29, 1.82) is 0 Å². The van der Waals surface area contributed by atoms with Crippen molar-refractivity contribution in [3.8, 4) is 18.1 Å². The second kappa shape index (κ2) is 7.79. The number of terminal acetylenes is 1. The van der Waals surface area contributed by atoms with Crippen LogP contribution >= 0.6 is 0 Å². The Morgan fingerprint density at radius 3 is 2.78 bits per heavy atom. The molecule has 18 heavy (non-hydrogen) atoms. The molecule has 1 aromatic carbocycles. The van der Waals surface area contributed by atoms with E-state index in [2.05, 4.69) is 37.2 Å². The largest absolute Gasteiger partial charge is 0.496 e. The van der Waals surface area contributed by atoms with Crippen LogP contribution in [-0.4, -0.2) is 13.7 Å². The lowest BCUT2D eigenvalue weighted by molar-refractivity contribution is 0.411. The zero-order valence-electron chi connectivity index (χ0n) is 11.6. The summed E-state index contributed by atoms with van der Waals surface area (Å²) in [7, 11) is 1.70. The highest BCUT2D eigenvalue weighted by molar-refractivity contribution is 5.37. The van der Waals surface area contributed by atoms with Crippen LogP contribution in [0.4, 0.5) is 0 Å². The van der Waals surface area contributed by atoms with Crippen molar-refractivity contribution in [2.24, 2.45) is 0 Å². The Bertz CT molecular complexity index is 406. The quantitative estimate of drug-likeness (QED) is 0.743. The molecule has 1 aromatic rings. The third kappa shape index (κ3) is 4.09. The molecule has 0 amide bonds. The molecule has 0 heterocycles. The van der Waals surface area contributed by atoms with Gasteiger partial charge in [0.2, 0.25) is 0 Å². The summed E-state index contributed by atoms with van der Waals surface area (Å²) in [6, 6.07) is 6.67. The molecular formula is C16H23NO. The molecule has 0 aliphatic carbocycles. The number of aryl methyl sites for hydroxylation is 1. The first-order chi connectivity index (χ1) is 8.72. The molecule has 2 heteroatoms. The second-order valence-electron chi connectivity index (χ2n) is 4.48. The number of hydrogen-bond donors (Lipinski definition) is 1. The number of nitrogens with one attached hydrogen (secondary N) is 1. The van der Waals surface area contributed by atoms with Gasteiger partial charge in [0.1, 0.15) is 5.75 Å². The summed E-state index contributed by atoms with van der Waals surface area (Å²) in [4.78, 5) is 0. The molecule has 0 saturated carbocycles. The molecule has 0 radical (unpaired) electrons. The third-order valence-electron chi connectivity index (χ3n) is 3.04. The summed E-state index contributed by atoms with van der Waals surface area (Å²) in [6.45, 7) is 5.26. The van der Waals surface area contributed by atoms with Crippen LogP contribution in [-0.2, 0) is 0 Å². The maximum absolute atomic E-state index is 5.36. The van der Waals surface area contributed by atoms with Gasteiger partial charge in [0.05, 0.1) is 7.11 Å².